The molecule has 0 rings (SSSR count). The van der Waals surface area contributed by atoms with E-state index in [4.69, 9.17) is 5.73 Å². The molecule has 0 fully saturated rings. The Morgan fingerprint density at radius 2 is 1.71 bits per heavy atom. The SMILES string of the molecule is CCC(CC)(CNC(=O)CC(C)(C)N)C(=O)O. The molecule has 0 aromatic heterocycles. The number of carboxylic acid groups (broad SMARTS) is 1. The van der Waals surface area contributed by atoms with Crippen LogP contribution in [-0.4, -0.2) is 29.1 Å². The number of rotatable bonds is 7. The second-order valence-corrected chi connectivity index (χ2v) is 5.23. The van der Waals surface area contributed by atoms with Gasteiger partial charge in [0.1, 0.15) is 0 Å². The molecule has 0 bridgehead atoms. The van der Waals surface area contributed by atoms with Crippen LogP contribution in [0.3, 0.4) is 0 Å². The summed E-state index contributed by atoms with van der Waals surface area (Å²) in [5.74, 6) is -1.07. The topological polar surface area (TPSA) is 92.4 Å². The van der Waals surface area contributed by atoms with E-state index in [0.29, 0.717) is 12.8 Å². The number of carbonyl (C=O) groups excluding carboxylic acids is 1. The lowest BCUT2D eigenvalue weighted by molar-refractivity contribution is -0.149. The number of nitrogens with two attached hydrogens (primary N) is 1. The van der Waals surface area contributed by atoms with Crippen molar-refractivity contribution >= 4 is 11.9 Å². The highest BCUT2D eigenvalue weighted by atomic mass is 16.4. The van der Waals surface area contributed by atoms with Crippen LogP contribution in [0.2, 0.25) is 0 Å². The van der Waals surface area contributed by atoms with Gasteiger partial charge in [-0.2, -0.15) is 0 Å². The van der Waals surface area contributed by atoms with Crippen molar-refractivity contribution in [2.24, 2.45) is 11.1 Å². The molecule has 0 unspecified atom stereocenters. The molecule has 5 nitrogen and oxygen atoms in total. The summed E-state index contributed by atoms with van der Waals surface area (Å²) in [6.45, 7) is 7.31. The molecule has 0 radical (unpaired) electrons. The average Bonchev–Trinajstić information content (AvgIpc) is 2.17. The minimum atomic E-state index is -0.867. The van der Waals surface area contributed by atoms with Crippen molar-refractivity contribution in [1.82, 2.24) is 5.32 Å². The largest absolute Gasteiger partial charge is 0.481 e. The fourth-order valence-electron chi connectivity index (χ4n) is 1.62. The van der Waals surface area contributed by atoms with E-state index in [9.17, 15) is 14.7 Å². The molecule has 17 heavy (non-hydrogen) atoms. The zero-order valence-electron chi connectivity index (χ0n) is 11.2. The zero-order valence-corrected chi connectivity index (χ0v) is 11.2. The zero-order chi connectivity index (χ0) is 13.7. The summed E-state index contributed by atoms with van der Waals surface area (Å²) in [4.78, 5) is 22.8. The van der Waals surface area contributed by atoms with E-state index in [1.165, 1.54) is 0 Å². The number of nitrogens with one attached hydrogen (secondary N) is 1. The molecule has 0 aromatic carbocycles. The monoisotopic (exact) mass is 244 g/mol. The van der Waals surface area contributed by atoms with E-state index >= 15 is 0 Å². The molecule has 0 aliphatic rings. The highest BCUT2D eigenvalue weighted by Crippen LogP contribution is 2.25. The van der Waals surface area contributed by atoms with Gasteiger partial charge in [-0.3, -0.25) is 9.59 Å². The van der Waals surface area contributed by atoms with E-state index in [1.807, 2.05) is 13.8 Å². The molecular weight excluding hydrogens is 220 g/mol. The molecular formula is C12H24N2O3. The van der Waals surface area contributed by atoms with E-state index in [1.54, 1.807) is 13.8 Å². The van der Waals surface area contributed by atoms with Crippen LogP contribution < -0.4 is 11.1 Å². The fourth-order valence-corrected chi connectivity index (χ4v) is 1.62. The fraction of sp³-hybridized carbons (Fsp3) is 0.833. The van der Waals surface area contributed by atoms with Crippen LogP contribution in [0.5, 0.6) is 0 Å². The van der Waals surface area contributed by atoms with Gasteiger partial charge in [0.25, 0.3) is 0 Å². The molecule has 0 atom stereocenters. The highest BCUT2D eigenvalue weighted by molar-refractivity contribution is 5.79. The number of aliphatic carboxylic acids is 1. The molecule has 0 saturated heterocycles. The first-order valence-corrected chi connectivity index (χ1v) is 5.96. The maximum Gasteiger partial charge on any atom is 0.311 e. The molecule has 4 N–H and O–H groups in total. The van der Waals surface area contributed by atoms with Crippen molar-refractivity contribution in [3.63, 3.8) is 0 Å². The van der Waals surface area contributed by atoms with Crippen LogP contribution in [0.1, 0.15) is 47.0 Å². The minimum absolute atomic E-state index is 0.157. The van der Waals surface area contributed by atoms with Crippen molar-refractivity contribution in [3.8, 4) is 0 Å². The molecule has 0 saturated carbocycles. The van der Waals surface area contributed by atoms with Crippen LogP contribution in [0.15, 0.2) is 0 Å². The summed E-state index contributed by atoms with van der Waals surface area (Å²) in [5, 5.41) is 11.9. The van der Waals surface area contributed by atoms with E-state index < -0.39 is 16.9 Å². The lowest BCUT2D eigenvalue weighted by Crippen LogP contribution is -2.45. The lowest BCUT2D eigenvalue weighted by Gasteiger charge is -2.27. The normalized spacial score (nSPS) is 12.3. The van der Waals surface area contributed by atoms with Crippen molar-refractivity contribution in [2.45, 2.75) is 52.5 Å². The Morgan fingerprint density at radius 3 is 2.00 bits per heavy atom. The van der Waals surface area contributed by atoms with Crippen molar-refractivity contribution in [1.29, 1.82) is 0 Å². The highest BCUT2D eigenvalue weighted by Gasteiger charge is 2.35. The molecule has 5 heteroatoms. The maximum absolute atomic E-state index is 11.6. The second-order valence-electron chi connectivity index (χ2n) is 5.23. The second kappa shape index (κ2) is 6.00. The van der Waals surface area contributed by atoms with Gasteiger partial charge in [-0.05, 0) is 26.7 Å². The predicted molar refractivity (Wildman–Crippen MR) is 66.5 cm³/mol. The first kappa shape index (κ1) is 15.9. The third kappa shape index (κ3) is 5.17. The quantitative estimate of drug-likeness (QED) is 0.625. The van der Waals surface area contributed by atoms with Crippen molar-refractivity contribution < 1.29 is 14.7 Å². The first-order chi connectivity index (χ1) is 7.67. The van der Waals surface area contributed by atoms with E-state index in [0.717, 1.165) is 0 Å². The van der Waals surface area contributed by atoms with Gasteiger partial charge in [-0.25, -0.2) is 0 Å². The van der Waals surface area contributed by atoms with Crippen LogP contribution in [0.4, 0.5) is 0 Å². The van der Waals surface area contributed by atoms with Crippen LogP contribution in [0.25, 0.3) is 0 Å². The molecule has 100 valence electrons. The minimum Gasteiger partial charge on any atom is -0.481 e. The van der Waals surface area contributed by atoms with E-state index in [2.05, 4.69) is 5.32 Å². The number of carbonyl (C=O) groups is 2. The third-order valence-corrected chi connectivity index (χ3v) is 3.05. The van der Waals surface area contributed by atoms with Gasteiger partial charge < -0.3 is 16.2 Å². The van der Waals surface area contributed by atoms with Crippen molar-refractivity contribution in [2.75, 3.05) is 6.54 Å². The van der Waals surface area contributed by atoms with Gasteiger partial charge in [0, 0.05) is 18.5 Å². The summed E-state index contributed by atoms with van der Waals surface area (Å²) in [7, 11) is 0. The summed E-state index contributed by atoms with van der Waals surface area (Å²) in [6, 6.07) is 0. The Bertz CT molecular complexity index is 278. The summed E-state index contributed by atoms with van der Waals surface area (Å²) < 4.78 is 0. The van der Waals surface area contributed by atoms with Gasteiger partial charge in [0.2, 0.25) is 5.91 Å². The standard InChI is InChI=1S/C12H24N2O3/c1-5-12(6-2,10(16)17)8-14-9(15)7-11(3,4)13/h5-8,13H2,1-4H3,(H,14,15)(H,16,17). The Balaban J connectivity index is 4.43. The molecule has 0 aliphatic heterocycles. The van der Waals surface area contributed by atoms with Gasteiger partial charge in [-0.15, -0.1) is 0 Å². The Kier molecular flexibility index (Phi) is 5.61. The third-order valence-electron chi connectivity index (χ3n) is 3.05. The summed E-state index contributed by atoms with van der Waals surface area (Å²) in [6.07, 6.45) is 1.17. The molecule has 1 amide bonds. The van der Waals surface area contributed by atoms with E-state index in [-0.39, 0.29) is 18.9 Å². The van der Waals surface area contributed by atoms with Crippen LogP contribution in [0, 0.1) is 5.41 Å². The maximum atomic E-state index is 11.6. The molecule has 0 aliphatic carbocycles. The van der Waals surface area contributed by atoms with Gasteiger partial charge in [0.05, 0.1) is 5.41 Å². The Morgan fingerprint density at radius 1 is 1.24 bits per heavy atom. The van der Waals surface area contributed by atoms with Gasteiger partial charge >= 0.3 is 5.97 Å². The molecule has 0 heterocycles. The van der Waals surface area contributed by atoms with Gasteiger partial charge in [-0.1, -0.05) is 13.8 Å². The summed E-state index contributed by atoms with van der Waals surface area (Å²) in [5.41, 5.74) is 4.28. The smallest absolute Gasteiger partial charge is 0.311 e. The van der Waals surface area contributed by atoms with Crippen LogP contribution in [-0.2, 0) is 9.59 Å². The number of carboxylic acids is 1. The predicted octanol–water partition coefficient (Wildman–Crippen LogP) is 1.12. The Hall–Kier alpha value is -1.10. The first-order valence-electron chi connectivity index (χ1n) is 5.96. The number of hydrogen-bond acceptors (Lipinski definition) is 3. The van der Waals surface area contributed by atoms with Crippen LogP contribution >= 0.6 is 0 Å². The number of hydrogen-bond donors (Lipinski definition) is 3. The molecule has 0 spiro atoms. The average molecular weight is 244 g/mol. The lowest BCUT2D eigenvalue weighted by atomic mass is 9.82. The molecule has 0 aromatic rings. The Labute approximate surface area is 103 Å². The summed E-state index contributed by atoms with van der Waals surface area (Å²) >= 11 is 0. The number of amides is 1. The van der Waals surface area contributed by atoms with Crippen molar-refractivity contribution in [3.05, 3.63) is 0 Å². The van der Waals surface area contributed by atoms with Gasteiger partial charge in [0.15, 0.2) is 0 Å².